The molecule has 0 aromatic carbocycles. The van der Waals surface area contributed by atoms with Crippen LogP contribution in [0.25, 0.3) is 0 Å². The lowest BCUT2D eigenvalue weighted by Gasteiger charge is -2.10. The SMILES string of the molecule is CC(=O)OCCOCCCC(Cl)(Cl)Cl. The quantitative estimate of drug-likeness (QED) is 0.420. The average Bonchev–Trinajstić information content (AvgIpc) is 2.00. The molecular formula is C8H13Cl3O3. The molecule has 0 spiro atoms. The maximum atomic E-state index is 10.3. The van der Waals surface area contributed by atoms with Gasteiger partial charge in [-0.2, -0.15) is 0 Å². The first-order valence-electron chi connectivity index (χ1n) is 4.19. The van der Waals surface area contributed by atoms with Crippen LogP contribution in [0, 0.1) is 0 Å². The van der Waals surface area contributed by atoms with Crippen LogP contribution in [0.3, 0.4) is 0 Å². The normalized spacial score (nSPS) is 11.4. The summed E-state index contributed by atoms with van der Waals surface area (Å²) in [5, 5.41) is 0. The van der Waals surface area contributed by atoms with Gasteiger partial charge in [0.25, 0.3) is 0 Å². The minimum absolute atomic E-state index is 0.267. The third-order valence-corrected chi connectivity index (χ3v) is 1.85. The molecule has 0 aromatic rings. The highest BCUT2D eigenvalue weighted by Gasteiger charge is 2.18. The Morgan fingerprint density at radius 1 is 1.21 bits per heavy atom. The summed E-state index contributed by atoms with van der Waals surface area (Å²) in [5.41, 5.74) is 0. The molecule has 0 rings (SSSR count). The summed E-state index contributed by atoms with van der Waals surface area (Å²) in [4.78, 5) is 10.3. The van der Waals surface area contributed by atoms with E-state index in [1.54, 1.807) is 0 Å². The summed E-state index contributed by atoms with van der Waals surface area (Å²) in [5.74, 6) is -0.310. The largest absolute Gasteiger partial charge is 0.463 e. The molecule has 84 valence electrons. The lowest BCUT2D eigenvalue weighted by molar-refractivity contribution is -0.142. The van der Waals surface area contributed by atoms with Crippen molar-refractivity contribution in [2.45, 2.75) is 23.6 Å². The van der Waals surface area contributed by atoms with E-state index in [1.165, 1.54) is 6.92 Å². The van der Waals surface area contributed by atoms with Crippen molar-refractivity contribution >= 4 is 40.8 Å². The number of rotatable bonds is 6. The highest BCUT2D eigenvalue weighted by atomic mass is 35.6. The van der Waals surface area contributed by atoms with Gasteiger partial charge in [-0.15, -0.1) is 0 Å². The second kappa shape index (κ2) is 7.57. The van der Waals surface area contributed by atoms with E-state index in [0.717, 1.165) is 0 Å². The maximum Gasteiger partial charge on any atom is 0.302 e. The molecule has 0 aliphatic carbocycles. The summed E-state index contributed by atoms with van der Waals surface area (Å²) in [7, 11) is 0. The predicted molar refractivity (Wildman–Crippen MR) is 57.0 cm³/mol. The number of alkyl halides is 3. The first kappa shape index (κ1) is 14.3. The van der Waals surface area contributed by atoms with Crippen molar-refractivity contribution < 1.29 is 14.3 Å². The van der Waals surface area contributed by atoms with Gasteiger partial charge in [-0.05, 0) is 12.8 Å². The Hall–Kier alpha value is 0.300. The van der Waals surface area contributed by atoms with E-state index in [9.17, 15) is 4.79 Å². The Morgan fingerprint density at radius 3 is 2.36 bits per heavy atom. The summed E-state index contributed by atoms with van der Waals surface area (Å²) in [6, 6.07) is 0. The minimum atomic E-state index is -1.21. The molecule has 6 heteroatoms. The van der Waals surface area contributed by atoms with Crippen molar-refractivity contribution in [3.63, 3.8) is 0 Å². The number of halogens is 3. The number of ether oxygens (including phenoxy) is 2. The van der Waals surface area contributed by atoms with Crippen molar-refractivity contribution in [2.75, 3.05) is 19.8 Å². The fraction of sp³-hybridized carbons (Fsp3) is 0.875. The van der Waals surface area contributed by atoms with Crippen LogP contribution in [0.4, 0.5) is 0 Å². The molecule has 14 heavy (non-hydrogen) atoms. The van der Waals surface area contributed by atoms with Gasteiger partial charge in [-0.3, -0.25) is 4.79 Å². The van der Waals surface area contributed by atoms with E-state index < -0.39 is 3.79 Å². The molecule has 0 radical (unpaired) electrons. The van der Waals surface area contributed by atoms with Crippen LogP contribution in [0.1, 0.15) is 19.8 Å². The van der Waals surface area contributed by atoms with Gasteiger partial charge in [0, 0.05) is 13.5 Å². The summed E-state index contributed by atoms with van der Waals surface area (Å²) in [6.45, 7) is 2.49. The molecule has 0 aliphatic heterocycles. The predicted octanol–water partition coefficient (Wildman–Crippen LogP) is 2.72. The van der Waals surface area contributed by atoms with Crippen LogP contribution >= 0.6 is 34.8 Å². The Balaban J connectivity index is 3.11. The van der Waals surface area contributed by atoms with Gasteiger partial charge < -0.3 is 9.47 Å². The van der Waals surface area contributed by atoms with Crippen LogP contribution in [-0.2, 0) is 14.3 Å². The standard InChI is InChI=1S/C8H13Cl3O3/c1-7(12)14-6-5-13-4-2-3-8(9,10)11/h2-6H2,1H3. The molecule has 0 heterocycles. The van der Waals surface area contributed by atoms with Crippen molar-refractivity contribution in [3.8, 4) is 0 Å². The molecule has 3 nitrogen and oxygen atoms in total. The van der Waals surface area contributed by atoms with Crippen LogP contribution in [0.2, 0.25) is 0 Å². The Bertz CT molecular complexity index is 168. The van der Waals surface area contributed by atoms with Gasteiger partial charge in [0.2, 0.25) is 0 Å². The molecule has 0 fully saturated rings. The smallest absolute Gasteiger partial charge is 0.302 e. The van der Waals surface area contributed by atoms with Crippen LogP contribution in [0.15, 0.2) is 0 Å². The van der Waals surface area contributed by atoms with Gasteiger partial charge in [-0.1, -0.05) is 34.8 Å². The van der Waals surface area contributed by atoms with E-state index in [2.05, 4.69) is 4.74 Å². The average molecular weight is 264 g/mol. The molecule has 0 saturated heterocycles. The number of hydrogen-bond donors (Lipinski definition) is 0. The third-order valence-electron chi connectivity index (χ3n) is 1.28. The minimum Gasteiger partial charge on any atom is -0.463 e. The number of carbonyl (C=O) groups is 1. The van der Waals surface area contributed by atoms with Crippen molar-refractivity contribution in [3.05, 3.63) is 0 Å². The van der Waals surface area contributed by atoms with Crippen LogP contribution in [-0.4, -0.2) is 29.6 Å². The Kier molecular flexibility index (Phi) is 7.74. The first-order valence-corrected chi connectivity index (χ1v) is 5.33. The fourth-order valence-corrected chi connectivity index (χ4v) is 1.12. The monoisotopic (exact) mass is 262 g/mol. The molecule has 0 aliphatic rings. The van der Waals surface area contributed by atoms with Gasteiger partial charge in [0.1, 0.15) is 6.61 Å². The van der Waals surface area contributed by atoms with Crippen LogP contribution < -0.4 is 0 Å². The third kappa shape index (κ3) is 12.3. The van der Waals surface area contributed by atoms with Gasteiger partial charge >= 0.3 is 5.97 Å². The second-order valence-corrected chi connectivity index (χ2v) is 5.19. The van der Waals surface area contributed by atoms with Gasteiger partial charge in [0.05, 0.1) is 6.61 Å². The van der Waals surface area contributed by atoms with E-state index in [-0.39, 0.29) is 12.6 Å². The van der Waals surface area contributed by atoms with Gasteiger partial charge in [-0.25, -0.2) is 0 Å². The summed E-state index contributed by atoms with van der Waals surface area (Å²) < 4.78 is 8.56. The topological polar surface area (TPSA) is 35.5 Å². The first-order chi connectivity index (χ1) is 6.42. The number of hydrogen-bond acceptors (Lipinski definition) is 3. The second-order valence-electron chi connectivity index (χ2n) is 2.67. The zero-order valence-corrected chi connectivity index (χ0v) is 10.2. The van der Waals surface area contributed by atoms with Crippen molar-refractivity contribution in [1.82, 2.24) is 0 Å². The maximum absolute atomic E-state index is 10.3. The fourth-order valence-electron chi connectivity index (χ4n) is 0.721. The molecule has 0 amide bonds. The summed E-state index contributed by atoms with van der Waals surface area (Å²) in [6.07, 6.45) is 1.11. The zero-order valence-electron chi connectivity index (χ0n) is 7.89. The van der Waals surface area contributed by atoms with Crippen LogP contribution in [0.5, 0.6) is 0 Å². The van der Waals surface area contributed by atoms with E-state index in [0.29, 0.717) is 26.1 Å². The summed E-state index contributed by atoms with van der Waals surface area (Å²) >= 11 is 16.6. The highest BCUT2D eigenvalue weighted by molar-refractivity contribution is 6.67. The number of esters is 1. The van der Waals surface area contributed by atoms with E-state index in [1.807, 2.05) is 0 Å². The Morgan fingerprint density at radius 2 is 1.86 bits per heavy atom. The molecular weight excluding hydrogens is 250 g/mol. The molecule has 0 saturated carbocycles. The molecule has 0 aromatic heterocycles. The lowest BCUT2D eigenvalue weighted by Crippen LogP contribution is -2.09. The number of carbonyl (C=O) groups excluding carboxylic acids is 1. The Labute approximate surface area is 98.6 Å². The highest BCUT2D eigenvalue weighted by Crippen LogP contribution is 2.30. The molecule has 0 N–H and O–H groups in total. The molecule has 0 unspecified atom stereocenters. The van der Waals surface area contributed by atoms with Crippen molar-refractivity contribution in [1.29, 1.82) is 0 Å². The van der Waals surface area contributed by atoms with Crippen molar-refractivity contribution in [2.24, 2.45) is 0 Å². The van der Waals surface area contributed by atoms with E-state index in [4.69, 9.17) is 39.5 Å². The van der Waals surface area contributed by atoms with E-state index >= 15 is 0 Å². The zero-order chi connectivity index (χ0) is 11.0. The lowest BCUT2D eigenvalue weighted by atomic mass is 10.3. The molecule has 0 bridgehead atoms. The van der Waals surface area contributed by atoms with Gasteiger partial charge in [0.15, 0.2) is 3.79 Å². The molecule has 0 atom stereocenters.